The van der Waals surface area contributed by atoms with Crippen LogP contribution in [0, 0.1) is 5.92 Å². The summed E-state index contributed by atoms with van der Waals surface area (Å²) in [6, 6.07) is 10.6. The van der Waals surface area contributed by atoms with Gasteiger partial charge in [-0.1, -0.05) is 49.6 Å². The van der Waals surface area contributed by atoms with Crippen LogP contribution in [0.5, 0.6) is 0 Å². The molecule has 1 aromatic rings. The first-order chi connectivity index (χ1) is 11.1. The maximum Gasteiger partial charge on any atom is 0.220 e. The molecule has 4 rings (SSSR count). The molecule has 1 aliphatic carbocycles. The quantitative estimate of drug-likeness (QED) is 0.782. The summed E-state index contributed by atoms with van der Waals surface area (Å²) >= 11 is 0. The Labute approximate surface area is 139 Å². The molecule has 0 unspecified atom stereocenters. The van der Waals surface area contributed by atoms with Gasteiger partial charge in [0.25, 0.3) is 0 Å². The van der Waals surface area contributed by atoms with Gasteiger partial charge in [0, 0.05) is 6.42 Å². The highest BCUT2D eigenvalue weighted by atomic mass is 16.6. The zero-order chi connectivity index (χ0) is 15.9. The maximum absolute atomic E-state index is 6.37. The van der Waals surface area contributed by atoms with E-state index in [-0.39, 0.29) is 17.2 Å². The molecular weight excluding hydrogens is 286 g/mol. The number of nitrogens with zero attached hydrogens (tertiary/aromatic N) is 1. The molecule has 2 atom stereocenters. The normalized spacial score (nSPS) is 33.1. The van der Waals surface area contributed by atoms with Crippen molar-refractivity contribution in [1.82, 2.24) is 0 Å². The summed E-state index contributed by atoms with van der Waals surface area (Å²) in [4.78, 5) is 4.87. The minimum atomic E-state index is -0.308. The summed E-state index contributed by atoms with van der Waals surface area (Å²) in [6.07, 6.45) is 7.80. The molecule has 0 radical (unpaired) electrons. The van der Waals surface area contributed by atoms with Crippen molar-refractivity contribution in [2.24, 2.45) is 10.9 Å². The zero-order valence-electron chi connectivity index (χ0n) is 14.3. The monoisotopic (exact) mass is 313 g/mol. The van der Waals surface area contributed by atoms with Crippen LogP contribution in [0.1, 0.15) is 51.5 Å². The van der Waals surface area contributed by atoms with Gasteiger partial charge in [-0.05, 0) is 38.2 Å². The molecule has 23 heavy (non-hydrogen) atoms. The fourth-order valence-electron chi connectivity index (χ4n) is 4.20. The summed E-state index contributed by atoms with van der Waals surface area (Å²) < 4.78 is 12.4. The van der Waals surface area contributed by atoms with Gasteiger partial charge in [-0.25, -0.2) is 4.99 Å². The van der Waals surface area contributed by atoms with Gasteiger partial charge >= 0.3 is 0 Å². The van der Waals surface area contributed by atoms with Gasteiger partial charge in [-0.15, -0.1) is 0 Å². The van der Waals surface area contributed by atoms with Gasteiger partial charge in [-0.3, -0.25) is 0 Å². The highest BCUT2D eigenvalue weighted by molar-refractivity contribution is 5.90. The molecule has 3 heteroatoms. The first-order valence-electron chi connectivity index (χ1n) is 9.04. The number of ether oxygens (including phenoxy) is 2. The van der Waals surface area contributed by atoms with Crippen LogP contribution in [0.2, 0.25) is 0 Å². The number of hydrogen-bond donors (Lipinski definition) is 0. The lowest BCUT2D eigenvalue weighted by Gasteiger charge is -2.22. The predicted octanol–water partition coefficient (Wildman–Crippen LogP) is 4.15. The highest BCUT2D eigenvalue weighted by Gasteiger charge is 2.65. The van der Waals surface area contributed by atoms with Crippen LogP contribution in [0.25, 0.3) is 0 Å². The first kappa shape index (κ1) is 15.2. The largest absolute Gasteiger partial charge is 0.476 e. The number of rotatable bonds is 4. The number of benzene rings is 1. The second kappa shape index (κ2) is 5.62. The minimum absolute atomic E-state index is 0.123. The van der Waals surface area contributed by atoms with Crippen molar-refractivity contribution in [2.45, 2.75) is 69.6 Å². The molecule has 1 saturated heterocycles. The molecule has 124 valence electrons. The number of aliphatic imine (C=N–C) groups is 1. The Morgan fingerprint density at radius 1 is 1.09 bits per heavy atom. The number of epoxide rings is 1. The van der Waals surface area contributed by atoms with E-state index in [1.54, 1.807) is 0 Å². The van der Waals surface area contributed by atoms with E-state index < -0.39 is 0 Å². The van der Waals surface area contributed by atoms with Crippen LogP contribution < -0.4 is 0 Å². The van der Waals surface area contributed by atoms with E-state index in [1.807, 2.05) is 0 Å². The lowest BCUT2D eigenvalue weighted by molar-refractivity contribution is 0.237. The average molecular weight is 313 g/mol. The van der Waals surface area contributed by atoms with Gasteiger partial charge < -0.3 is 9.47 Å². The van der Waals surface area contributed by atoms with E-state index in [1.165, 1.54) is 37.7 Å². The van der Waals surface area contributed by atoms with Crippen LogP contribution >= 0.6 is 0 Å². The third kappa shape index (κ3) is 2.91. The molecule has 0 bridgehead atoms. The Kier molecular flexibility index (Phi) is 3.72. The van der Waals surface area contributed by atoms with Crippen molar-refractivity contribution in [1.29, 1.82) is 0 Å². The lowest BCUT2D eigenvalue weighted by Crippen LogP contribution is -2.33. The third-order valence-corrected chi connectivity index (χ3v) is 5.46. The van der Waals surface area contributed by atoms with Crippen LogP contribution in [0.4, 0.5) is 0 Å². The predicted molar refractivity (Wildman–Crippen MR) is 91.8 cm³/mol. The molecule has 2 fully saturated rings. The summed E-state index contributed by atoms with van der Waals surface area (Å²) in [6.45, 7) is 4.93. The SMILES string of the molecule is CC1(C)COC([C@]2(Cc3ccccc3)O[C@H]2C2CCCCC2)=N1. The average Bonchev–Trinajstić information content (AvgIpc) is 3.17. The molecule has 3 nitrogen and oxygen atoms in total. The van der Waals surface area contributed by atoms with Gasteiger partial charge in [-0.2, -0.15) is 0 Å². The van der Waals surface area contributed by atoms with Crippen LogP contribution in [-0.4, -0.2) is 29.7 Å². The standard InChI is InChI=1S/C20H27NO2/c1-19(2)14-22-18(21-19)20(13-15-9-5-3-6-10-15)17(23-20)16-11-7-4-8-12-16/h3,5-6,9-10,16-17H,4,7-8,11-14H2,1-2H3/t17-,20+/m0/s1. The Morgan fingerprint density at radius 2 is 1.83 bits per heavy atom. The van der Waals surface area contributed by atoms with E-state index in [4.69, 9.17) is 14.5 Å². The fraction of sp³-hybridized carbons (Fsp3) is 0.650. The first-order valence-corrected chi connectivity index (χ1v) is 9.04. The summed E-state index contributed by atoms with van der Waals surface area (Å²) in [5, 5.41) is 0. The highest BCUT2D eigenvalue weighted by Crippen LogP contribution is 2.50. The molecule has 2 aliphatic heterocycles. The van der Waals surface area contributed by atoms with Crippen molar-refractivity contribution >= 4 is 5.90 Å². The third-order valence-electron chi connectivity index (χ3n) is 5.46. The minimum Gasteiger partial charge on any atom is -0.476 e. The number of hydrogen-bond acceptors (Lipinski definition) is 3. The van der Waals surface area contributed by atoms with E-state index in [9.17, 15) is 0 Å². The van der Waals surface area contributed by atoms with Crippen molar-refractivity contribution in [3.8, 4) is 0 Å². The van der Waals surface area contributed by atoms with E-state index >= 15 is 0 Å². The summed E-state index contributed by atoms with van der Waals surface area (Å²) in [5.41, 5.74) is 0.876. The molecule has 0 amide bonds. The van der Waals surface area contributed by atoms with Crippen molar-refractivity contribution in [3.63, 3.8) is 0 Å². The lowest BCUT2D eigenvalue weighted by atomic mass is 9.81. The Bertz CT molecular complexity index is 589. The van der Waals surface area contributed by atoms with E-state index in [0.29, 0.717) is 12.5 Å². The summed E-state index contributed by atoms with van der Waals surface area (Å²) in [7, 11) is 0. The Balaban J connectivity index is 1.60. The van der Waals surface area contributed by atoms with Gasteiger partial charge in [0.05, 0.1) is 5.54 Å². The maximum atomic E-state index is 6.37. The molecular formula is C20H27NO2. The zero-order valence-corrected chi connectivity index (χ0v) is 14.3. The molecule has 1 saturated carbocycles. The molecule has 0 N–H and O–H groups in total. The molecule has 0 spiro atoms. The van der Waals surface area contributed by atoms with Gasteiger partial charge in [0.15, 0.2) is 5.60 Å². The molecule has 1 aromatic carbocycles. The van der Waals surface area contributed by atoms with Gasteiger partial charge in [0.2, 0.25) is 5.90 Å². The Hall–Kier alpha value is -1.35. The van der Waals surface area contributed by atoms with Crippen LogP contribution in [-0.2, 0) is 15.9 Å². The van der Waals surface area contributed by atoms with E-state index in [2.05, 4.69) is 44.2 Å². The fourth-order valence-corrected chi connectivity index (χ4v) is 4.20. The molecule has 3 aliphatic rings. The van der Waals surface area contributed by atoms with Crippen molar-refractivity contribution in [2.75, 3.05) is 6.61 Å². The van der Waals surface area contributed by atoms with Crippen molar-refractivity contribution < 1.29 is 9.47 Å². The molecule has 2 heterocycles. The smallest absolute Gasteiger partial charge is 0.220 e. The van der Waals surface area contributed by atoms with Crippen LogP contribution in [0.3, 0.4) is 0 Å². The second-order valence-corrected chi connectivity index (χ2v) is 8.01. The summed E-state index contributed by atoms with van der Waals surface area (Å²) in [5.74, 6) is 1.52. The van der Waals surface area contributed by atoms with Crippen molar-refractivity contribution in [3.05, 3.63) is 35.9 Å². The van der Waals surface area contributed by atoms with Crippen LogP contribution in [0.15, 0.2) is 35.3 Å². The topological polar surface area (TPSA) is 34.1 Å². The van der Waals surface area contributed by atoms with E-state index in [0.717, 1.165) is 12.3 Å². The Morgan fingerprint density at radius 3 is 2.48 bits per heavy atom. The second-order valence-electron chi connectivity index (χ2n) is 8.01. The van der Waals surface area contributed by atoms with Gasteiger partial charge in [0.1, 0.15) is 12.7 Å². The molecule has 0 aromatic heterocycles.